The van der Waals surface area contributed by atoms with E-state index in [1.165, 1.54) is 0 Å². The van der Waals surface area contributed by atoms with E-state index in [4.69, 9.17) is 5.11 Å². The molecule has 0 unspecified atom stereocenters. The van der Waals surface area contributed by atoms with Crippen LogP contribution in [0.4, 0.5) is 0 Å². The Morgan fingerprint density at radius 3 is 2.55 bits per heavy atom. The standard InChI is InChI=1S/C7H16N2O2/c10-7-1-4-9(11)5-2-8-3-6-9/h8,10H,1-7H2. The maximum absolute atomic E-state index is 11.7. The van der Waals surface area contributed by atoms with Gasteiger partial charge in [-0.15, -0.1) is 0 Å². The van der Waals surface area contributed by atoms with E-state index in [1.807, 2.05) is 0 Å². The Labute approximate surface area is 67.0 Å². The molecule has 0 amide bonds. The Balaban J connectivity index is 2.25. The first-order chi connectivity index (χ1) is 5.27. The molecule has 0 saturated carbocycles. The number of hydrogen-bond acceptors (Lipinski definition) is 3. The maximum atomic E-state index is 11.7. The molecule has 1 aliphatic rings. The number of hydrogen-bond donors (Lipinski definition) is 2. The quantitative estimate of drug-likeness (QED) is 0.423. The summed E-state index contributed by atoms with van der Waals surface area (Å²) in [4.78, 5) is 0. The molecule has 66 valence electrons. The molecule has 0 radical (unpaired) electrons. The van der Waals surface area contributed by atoms with Crippen molar-refractivity contribution in [3.05, 3.63) is 5.21 Å². The van der Waals surface area contributed by atoms with E-state index in [1.54, 1.807) is 0 Å². The number of rotatable bonds is 3. The molecule has 4 heteroatoms. The minimum Gasteiger partial charge on any atom is -0.633 e. The summed E-state index contributed by atoms with van der Waals surface area (Å²) < 4.78 is -0.117. The van der Waals surface area contributed by atoms with E-state index in [2.05, 4.69) is 5.32 Å². The van der Waals surface area contributed by atoms with Gasteiger partial charge in [-0.1, -0.05) is 0 Å². The number of aliphatic hydroxyl groups excluding tert-OH is 1. The Bertz CT molecular complexity index is 113. The highest BCUT2D eigenvalue weighted by atomic mass is 16.5. The van der Waals surface area contributed by atoms with Gasteiger partial charge in [-0.05, 0) is 0 Å². The second-order valence-corrected chi connectivity index (χ2v) is 3.06. The molecule has 0 bridgehead atoms. The minimum atomic E-state index is -0.117. The zero-order valence-corrected chi connectivity index (χ0v) is 6.75. The van der Waals surface area contributed by atoms with Gasteiger partial charge in [0.15, 0.2) is 0 Å². The smallest absolute Gasteiger partial charge is 0.0911 e. The van der Waals surface area contributed by atoms with Gasteiger partial charge in [-0.2, -0.15) is 0 Å². The van der Waals surface area contributed by atoms with Crippen LogP contribution in [0, 0.1) is 5.21 Å². The van der Waals surface area contributed by atoms with Crippen molar-refractivity contribution < 1.29 is 9.75 Å². The molecule has 2 N–H and O–H groups in total. The van der Waals surface area contributed by atoms with Crippen molar-refractivity contribution in [2.75, 3.05) is 39.3 Å². The minimum absolute atomic E-state index is 0.117. The van der Waals surface area contributed by atoms with Gasteiger partial charge in [-0.3, -0.25) is 0 Å². The van der Waals surface area contributed by atoms with Crippen molar-refractivity contribution in [1.29, 1.82) is 0 Å². The van der Waals surface area contributed by atoms with Crippen LogP contribution in [-0.2, 0) is 0 Å². The van der Waals surface area contributed by atoms with E-state index in [0.29, 0.717) is 26.1 Å². The fourth-order valence-electron chi connectivity index (χ4n) is 1.38. The second-order valence-electron chi connectivity index (χ2n) is 3.06. The number of hydroxylamine groups is 3. The van der Waals surface area contributed by atoms with Crippen molar-refractivity contribution in [2.24, 2.45) is 0 Å². The van der Waals surface area contributed by atoms with Gasteiger partial charge in [0.2, 0.25) is 0 Å². The first-order valence-electron chi connectivity index (χ1n) is 4.15. The lowest BCUT2D eigenvalue weighted by atomic mass is 10.3. The van der Waals surface area contributed by atoms with Crippen LogP contribution < -0.4 is 5.32 Å². The zero-order chi connectivity index (χ0) is 8.16. The topological polar surface area (TPSA) is 55.3 Å². The fraction of sp³-hybridized carbons (Fsp3) is 1.00. The third-order valence-corrected chi connectivity index (χ3v) is 2.12. The van der Waals surface area contributed by atoms with Gasteiger partial charge >= 0.3 is 0 Å². The molecular formula is C7H16N2O2. The van der Waals surface area contributed by atoms with Crippen LogP contribution >= 0.6 is 0 Å². The summed E-state index contributed by atoms with van der Waals surface area (Å²) in [7, 11) is 0. The molecule has 0 spiro atoms. The lowest BCUT2D eigenvalue weighted by Gasteiger charge is -2.45. The fourth-order valence-corrected chi connectivity index (χ4v) is 1.38. The number of nitrogens with zero attached hydrogens (tertiary/aromatic N) is 1. The van der Waals surface area contributed by atoms with Gasteiger partial charge in [-0.25, -0.2) is 0 Å². The van der Waals surface area contributed by atoms with Crippen LogP contribution in [0.1, 0.15) is 6.42 Å². The highest BCUT2D eigenvalue weighted by Crippen LogP contribution is 2.06. The van der Waals surface area contributed by atoms with Crippen LogP contribution in [0.25, 0.3) is 0 Å². The van der Waals surface area contributed by atoms with Crippen molar-refractivity contribution in [3.63, 3.8) is 0 Å². The third kappa shape index (κ3) is 2.75. The Morgan fingerprint density at radius 1 is 1.36 bits per heavy atom. The molecule has 1 saturated heterocycles. The largest absolute Gasteiger partial charge is 0.633 e. The summed E-state index contributed by atoms with van der Waals surface area (Å²) in [5.74, 6) is 0. The first kappa shape index (κ1) is 8.93. The van der Waals surface area contributed by atoms with Crippen molar-refractivity contribution in [2.45, 2.75) is 6.42 Å². The lowest BCUT2D eigenvalue weighted by Crippen LogP contribution is -2.55. The summed E-state index contributed by atoms with van der Waals surface area (Å²) in [6.45, 7) is 3.64. The molecule has 0 atom stereocenters. The highest BCUT2D eigenvalue weighted by Gasteiger charge is 2.18. The Morgan fingerprint density at radius 2 is 2.00 bits per heavy atom. The Kier molecular flexibility index (Phi) is 3.26. The van der Waals surface area contributed by atoms with E-state index < -0.39 is 0 Å². The molecule has 0 aromatic heterocycles. The van der Waals surface area contributed by atoms with Crippen LogP contribution in [-0.4, -0.2) is 49.1 Å². The second kappa shape index (κ2) is 4.01. The first-order valence-corrected chi connectivity index (χ1v) is 4.15. The molecule has 0 aromatic carbocycles. The molecule has 1 fully saturated rings. The lowest BCUT2D eigenvalue weighted by molar-refractivity contribution is -0.882. The van der Waals surface area contributed by atoms with Crippen molar-refractivity contribution in [1.82, 2.24) is 5.32 Å². The molecular weight excluding hydrogens is 144 g/mol. The molecule has 1 aliphatic heterocycles. The normalized spacial score (nSPS) is 23.5. The van der Waals surface area contributed by atoms with Crippen LogP contribution in [0.5, 0.6) is 0 Å². The third-order valence-electron chi connectivity index (χ3n) is 2.12. The molecule has 1 heterocycles. The van der Waals surface area contributed by atoms with Crippen LogP contribution in [0.3, 0.4) is 0 Å². The number of piperazine rings is 1. The highest BCUT2D eigenvalue weighted by molar-refractivity contribution is 4.57. The summed E-state index contributed by atoms with van der Waals surface area (Å²) in [5, 5.41) is 23.4. The van der Waals surface area contributed by atoms with E-state index >= 15 is 0 Å². The average Bonchev–Trinajstić information content (AvgIpc) is 2.03. The summed E-state index contributed by atoms with van der Waals surface area (Å²) in [5.41, 5.74) is 0. The number of nitrogens with one attached hydrogen (secondary N) is 1. The van der Waals surface area contributed by atoms with Crippen LogP contribution in [0.2, 0.25) is 0 Å². The average molecular weight is 160 g/mol. The molecule has 11 heavy (non-hydrogen) atoms. The number of quaternary nitrogens is 1. The molecule has 0 aromatic rings. The maximum Gasteiger partial charge on any atom is 0.0911 e. The van der Waals surface area contributed by atoms with E-state index in [9.17, 15) is 5.21 Å². The molecule has 0 aliphatic carbocycles. The van der Waals surface area contributed by atoms with Crippen LogP contribution in [0.15, 0.2) is 0 Å². The number of aliphatic hydroxyl groups is 1. The monoisotopic (exact) mass is 160 g/mol. The molecule has 1 rings (SSSR count). The van der Waals surface area contributed by atoms with Gasteiger partial charge in [0, 0.05) is 26.1 Å². The SMILES string of the molecule is [O-][N+]1(CCCO)CCNCC1. The predicted molar refractivity (Wildman–Crippen MR) is 42.8 cm³/mol. The van der Waals surface area contributed by atoms with E-state index in [-0.39, 0.29) is 11.3 Å². The zero-order valence-electron chi connectivity index (χ0n) is 6.75. The molecule has 4 nitrogen and oxygen atoms in total. The van der Waals surface area contributed by atoms with Gasteiger partial charge in [0.25, 0.3) is 0 Å². The summed E-state index contributed by atoms with van der Waals surface area (Å²) in [6.07, 6.45) is 0.628. The van der Waals surface area contributed by atoms with Crippen molar-refractivity contribution >= 4 is 0 Å². The summed E-state index contributed by atoms with van der Waals surface area (Å²) in [6, 6.07) is 0. The van der Waals surface area contributed by atoms with Crippen molar-refractivity contribution in [3.8, 4) is 0 Å². The Hall–Kier alpha value is -0.160. The predicted octanol–water partition coefficient (Wildman–Crippen LogP) is -0.713. The van der Waals surface area contributed by atoms with Gasteiger partial charge in [0.1, 0.15) is 0 Å². The van der Waals surface area contributed by atoms with Gasteiger partial charge < -0.3 is 20.3 Å². The van der Waals surface area contributed by atoms with E-state index in [0.717, 1.165) is 13.1 Å². The van der Waals surface area contributed by atoms with Gasteiger partial charge in [0.05, 0.1) is 19.6 Å². The summed E-state index contributed by atoms with van der Waals surface area (Å²) >= 11 is 0.